The monoisotopic (exact) mass is 316 g/mol. The highest BCUT2D eigenvalue weighted by molar-refractivity contribution is 6.30. The topological polar surface area (TPSA) is 42.4 Å². The highest BCUT2D eigenvalue weighted by atomic mass is 35.5. The molecule has 114 valence electrons. The molecule has 4 nitrogen and oxygen atoms in total. The Kier molecular flexibility index (Phi) is 4.59. The molecule has 1 aromatic carbocycles. The van der Waals surface area contributed by atoms with Crippen molar-refractivity contribution in [3.63, 3.8) is 0 Å². The molecular formula is C17H17ClN2O2. The number of pyridine rings is 1. The number of nitrogens with zero attached hydrogens (tertiary/aromatic N) is 2. The van der Waals surface area contributed by atoms with E-state index in [-0.39, 0.29) is 12.0 Å². The Bertz CT molecular complexity index is 631. The van der Waals surface area contributed by atoms with Gasteiger partial charge in [0.25, 0.3) is 0 Å². The van der Waals surface area contributed by atoms with Crippen molar-refractivity contribution in [2.75, 3.05) is 13.1 Å². The number of hydrogen-bond donors (Lipinski definition) is 0. The van der Waals surface area contributed by atoms with Gasteiger partial charge in [-0.2, -0.15) is 0 Å². The molecule has 5 heteroatoms. The summed E-state index contributed by atoms with van der Waals surface area (Å²) in [6, 6.07) is 13.0. The summed E-state index contributed by atoms with van der Waals surface area (Å²) in [5.41, 5.74) is 0.975. The first-order valence-electron chi connectivity index (χ1n) is 7.30. The second-order valence-corrected chi connectivity index (χ2v) is 5.78. The van der Waals surface area contributed by atoms with E-state index in [0.717, 1.165) is 18.5 Å². The van der Waals surface area contributed by atoms with E-state index in [2.05, 4.69) is 4.98 Å². The average molecular weight is 317 g/mol. The Balaban J connectivity index is 1.53. The van der Waals surface area contributed by atoms with Crippen LogP contribution in [0.2, 0.25) is 5.02 Å². The quantitative estimate of drug-likeness (QED) is 0.871. The predicted octanol–water partition coefficient (Wildman–Crippen LogP) is 2.96. The van der Waals surface area contributed by atoms with Gasteiger partial charge in [0.2, 0.25) is 11.8 Å². The summed E-state index contributed by atoms with van der Waals surface area (Å²) in [5, 5.41) is 0.682. The number of likely N-dealkylation sites (tertiary alicyclic amines) is 1. The molecule has 0 saturated carbocycles. The van der Waals surface area contributed by atoms with Crippen LogP contribution in [0.15, 0.2) is 48.7 Å². The third-order valence-electron chi connectivity index (χ3n) is 3.69. The van der Waals surface area contributed by atoms with Gasteiger partial charge in [-0.05, 0) is 23.8 Å². The van der Waals surface area contributed by atoms with Crippen LogP contribution in [0.25, 0.3) is 0 Å². The molecule has 1 fully saturated rings. The van der Waals surface area contributed by atoms with Crippen molar-refractivity contribution in [3.8, 4) is 5.88 Å². The van der Waals surface area contributed by atoms with Crippen LogP contribution in [0.4, 0.5) is 0 Å². The van der Waals surface area contributed by atoms with Crippen LogP contribution in [0.1, 0.15) is 12.0 Å². The third kappa shape index (κ3) is 3.77. The smallest absolute Gasteiger partial charge is 0.227 e. The van der Waals surface area contributed by atoms with Crippen molar-refractivity contribution in [1.29, 1.82) is 0 Å². The van der Waals surface area contributed by atoms with Crippen molar-refractivity contribution >= 4 is 17.5 Å². The molecule has 0 aliphatic carbocycles. The van der Waals surface area contributed by atoms with Crippen molar-refractivity contribution in [1.82, 2.24) is 9.88 Å². The lowest BCUT2D eigenvalue weighted by atomic mass is 10.1. The van der Waals surface area contributed by atoms with E-state index in [1.54, 1.807) is 18.3 Å². The standard InChI is InChI=1S/C17H17ClN2O2/c18-14-6-4-13(5-7-14)11-17(21)20-10-8-15(12-20)22-16-3-1-2-9-19-16/h1-7,9,15H,8,10-12H2/t15-/m1/s1. The minimum absolute atomic E-state index is 0.0177. The first kappa shape index (κ1) is 14.9. The Hall–Kier alpha value is -2.07. The van der Waals surface area contributed by atoms with E-state index >= 15 is 0 Å². The fraction of sp³-hybridized carbons (Fsp3) is 0.294. The first-order chi connectivity index (χ1) is 10.7. The molecule has 1 aliphatic heterocycles. The lowest BCUT2D eigenvalue weighted by molar-refractivity contribution is -0.129. The van der Waals surface area contributed by atoms with Crippen LogP contribution in [0.3, 0.4) is 0 Å². The Morgan fingerprint density at radius 2 is 2.09 bits per heavy atom. The fourth-order valence-corrected chi connectivity index (χ4v) is 2.65. The lowest BCUT2D eigenvalue weighted by Gasteiger charge is -2.17. The molecule has 0 N–H and O–H groups in total. The third-order valence-corrected chi connectivity index (χ3v) is 3.94. The van der Waals surface area contributed by atoms with Crippen molar-refractivity contribution < 1.29 is 9.53 Å². The zero-order valence-electron chi connectivity index (χ0n) is 12.1. The van der Waals surface area contributed by atoms with Crippen molar-refractivity contribution in [2.24, 2.45) is 0 Å². The fourth-order valence-electron chi connectivity index (χ4n) is 2.53. The van der Waals surface area contributed by atoms with E-state index in [4.69, 9.17) is 16.3 Å². The van der Waals surface area contributed by atoms with Crippen LogP contribution in [0, 0.1) is 0 Å². The molecule has 2 aromatic rings. The van der Waals surface area contributed by atoms with Gasteiger partial charge in [-0.15, -0.1) is 0 Å². The highest BCUT2D eigenvalue weighted by Crippen LogP contribution is 2.18. The van der Waals surface area contributed by atoms with E-state index < -0.39 is 0 Å². The molecule has 0 bridgehead atoms. The largest absolute Gasteiger partial charge is 0.472 e. The Labute approximate surface area is 134 Å². The van der Waals surface area contributed by atoms with Gasteiger partial charge in [0.05, 0.1) is 13.0 Å². The van der Waals surface area contributed by atoms with Gasteiger partial charge in [-0.25, -0.2) is 4.98 Å². The summed E-state index contributed by atoms with van der Waals surface area (Å²) in [6.45, 7) is 1.34. The number of aromatic nitrogens is 1. The van der Waals surface area contributed by atoms with Crippen LogP contribution in [-0.2, 0) is 11.2 Å². The molecule has 1 amide bonds. The molecule has 1 aromatic heterocycles. The minimum atomic E-state index is 0.0177. The van der Waals surface area contributed by atoms with Gasteiger partial charge in [0, 0.05) is 30.3 Å². The predicted molar refractivity (Wildman–Crippen MR) is 85.0 cm³/mol. The molecule has 1 saturated heterocycles. The summed E-state index contributed by atoms with van der Waals surface area (Å²) < 4.78 is 5.80. The van der Waals surface area contributed by atoms with Crippen LogP contribution in [-0.4, -0.2) is 35.0 Å². The molecular weight excluding hydrogens is 300 g/mol. The number of amides is 1. The van der Waals surface area contributed by atoms with E-state index in [9.17, 15) is 4.79 Å². The summed E-state index contributed by atoms with van der Waals surface area (Å²) in [4.78, 5) is 18.3. The highest BCUT2D eigenvalue weighted by Gasteiger charge is 2.27. The van der Waals surface area contributed by atoms with Gasteiger partial charge >= 0.3 is 0 Å². The molecule has 0 radical (unpaired) electrons. The number of benzene rings is 1. The number of halogens is 1. The normalized spacial score (nSPS) is 17.5. The number of hydrogen-bond acceptors (Lipinski definition) is 3. The summed E-state index contributed by atoms with van der Waals surface area (Å²) in [7, 11) is 0. The van der Waals surface area contributed by atoms with Crippen LogP contribution < -0.4 is 4.74 Å². The molecule has 2 heterocycles. The van der Waals surface area contributed by atoms with Gasteiger partial charge < -0.3 is 9.64 Å². The van der Waals surface area contributed by atoms with Gasteiger partial charge in [0.15, 0.2) is 0 Å². The van der Waals surface area contributed by atoms with Gasteiger partial charge in [-0.1, -0.05) is 29.8 Å². The summed E-state index contributed by atoms with van der Waals surface area (Å²) >= 11 is 5.85. The number of carbonyl (C=O) groups excluding carboxylic acids is 1. The second-order valence-electron chi connectivity index (χ2n) is 5.34. The summed E-state index contributed by atoms with van der Waals surface area (Å²) in [5.74, 6) is 0.731. The molecule has 0 unspecified atom stereocenters. The van der Waals surface area contributed by atoms with Crippen molar-refractivity contribution in [3.05, 3.63) is 59.2 Å². The molecule has 1 aliphatic rings. The molecule has 1 atom stereocenters. The number of ether oxygens (including phenoxy) is 1. The maximum atomic E-state index is 12.3. The average Bonchev–Trinajstić information content (AvgIpc) is 2.99. The van der Waals surface area contributed by atoms with E-state index in [1.165, 1.54) is 0 Å². The first-order valence-corrected chi connectivity index (χ1v) is 7.68. The van der Waals surface area contributed by atoms with Gasteiger partial charge in [0.1, 0.15) is 6.10 Å². The summed E-state index contributed by atoms with van der Waals surface area (Å²) in [6.07, 6.45) is 2.95. The molecule has 3 rings (SSSR count). The minimum Gasteiger partial charge on any atom is -0.472 e. The van der Waals surface area contributed by atoms with Crippen LogP contribution in [0.5, 0.6) is 5.88 Å². The van der Waals surface area contributed by atoms with E-state index in [1.807, 2.05) is 35.2 Å². The zero-order valence-corrected chi connectivity index (χ0v) is 12.9. The van der Waals surface area contributed by atoms with Gasteiger partial charge in [-0.3, -0.25) is 4.79 Å². The van der Waals surface area contributed by atoms with Crippen LogP contribution >= 0.6 is 11.6 Å². The SMILES string of the molecule is O=C(Cc1ccc(Cl)cc1)N1CC[C@@H](Oc2ccccn2)C1. The lowest BCUT2D eigenvalue weighted by Crippen LogP contribution is -2.32. The Morgan fingerprint density at radius 1 is 1.27 bits per heavy atom. The van der Waals surface area contributed by atoms with E-state index in [0.29, 0.717) is 23.9 Å². The van der Waals surface area contributed by atoms with Crippen molar-refractivity contribution in [2.45, 2.75) is 18.9 Å². The molecule has 22 heavy (non-hydrogen) atoms. The second kappa shape index (κ2) is 6.79. The number of rotatable bonds is 4. The number of carbonyl (C=O) groups is 1. The molecule has 0 spiro atoms. The maximum absolute atomic E-state index is 12.3. The Morgan fingerprint density at radius 3 is 2.82 bits per heavy atom. The maximum Gasteiger partial charge on any atom is 0.227 e. The zero-order chi connectivity index (χ0) is 15.4.